The van der Waals surface area contributed by atoms with Crippen LogP contribution in [0.25, 0.3) is 0 Å². The van der Waals surface area contributed by atoms with E-state index in [1.54, 1.807) is 13.2 Å². The summed E-state index contributed by atoms with van der Waals surface area (Å²) in [5, 5.41) is 0.518. The zero-order valence-corrected chi connectivity index (χ0v) is 12.0. The molecule has 2 atom stereocenters. The van der Waals surface area contributed by atoms with Gasteiger partial charge in [-0.05, 0) is 35.7 Å². The molecule has 2 aromatic carbocycles. The standard InChI is InChI=1S/C16H17ClFNO/c1-20-16(11-5-3-2-4-6-11)15(19)10-12-9-13(18)7-8-14(12)17/h2-9,15-16H,10,19H2,1H3. The molecule has 2 unspecified atom stereocenters. The molecule has 4 heteroatoms. The van der Waals surface area contributed by atoms with Gasteiger partial charge in [-0.1, -0.05) is 41.9 Å². The summed E-state index contributed by atoms with van der Waals surface area (Å²) >= 11 is 6.07. The van der Waals surface area contributed by atoms with Crippen LogP contribution in [0.5, 0.6) is 0 Å². The maximum atomic E-state index is 13.3. The second-order valence-electron chi connectivity index (χ2n) is 4.67. The highest BCUT2D eigenvalue weighted by Crippen LogP contribution is 2.25. The molecule has 106 valence electrons. The third kappa shape index (κ3) is 3.57. The van der Waals surface area contributed by atoms with Crippen molar-refractivity contribution < 1.29 is 9.13 Å². The highest BCUT2D eigenvalue weighted by atomic mass is 35.5. The van der Waals surface area contributed by atoms with Crippen molar-refractivity contribution in [1.29, 1.82) is 0 Å². The second-order valence-corrected chi connectivity index (χ2v) is 5.08. The molecule has 2 N–H and O–H groups in total. The van der Waals surface area contributed by atoms with Gasteiger partial charge in [0.15, 0.2) is 0 Å². The molecule has 0 radical (unpaired) electrons. The van der Waals surface area contributed by atoms with Gasteiger partial charge < -0.3 is 10.5 Å². The summed E-state index contributed by atoms with van der Waals surface area (Å²) in [4.78, 5) is 0. The zero-order chi connectivity index (χ0) is 14.5. The SMILES string of the molecule is COC(c1ccccc1)C(N)Cc1cc(F)ccc1Cl. The summed E-state index contributed by atoms with van der Waals surface area (Å²) in [7, 11) is 1.62. The predicted molar refractivity (Wildman–Crippen MR) is 79.3 cm³/mol. The monoisotopic (exact) mass is 293 g/mol. The van der Waals surface area contributed by atoms with E-state index in [0.717, 1.165) is 5.56 Å². The summed E-state index contributed by atoms with van der Waals surface area (Å²) in [6, 6.07) is 13.7. The van der Waals surface area contributed by atoms with Gasteiger partial charge in [0.05, 0.1) is 6.10 Å². The smallest absolute Gasteiger partial charge is 0.123 e. The molecule has 2 aromatic rings. The van der Waals surface area contributed by atoms with Crippen molar-refractivity contribution in [3.63, 3.8) is 0 Å². The normalized spacial score (nSPS) is 14.0. The second kappa shape index (κ2) is 6.84. The maximum Gasteiger partial charge on any atom is 0.123 e. The third-order valence-corrected chi connectivity index (χ3v) is 3.60. The highest BCUT2D eigenvalue weighted by molar-refractivity contribution is 6.31. The average Bonchev–Trinajstić information content (AvgIpc) is 2.45. The molecule has 2 rings (SSSR count). The van der Waals surface area contributed by atoms with Crippen LogP contribution in [0, 0.1) is 5.82 Å². The first-order chi connectivity index (χ1) is 9.61. The molecule has 0 amide bonds. The van der Waals surface area contributed by atoms with E-state index in [-0.39, 0.29) is 18.0 Å². The summed E-state index contributed by atoms with van der Waals surface area (Å²) < 4.78 is 18.8. The Morgan fingerprint density at radius 2 is 1.90 bits per heavy atom. The van der Waals surface area contributed by atoms with Crippen LogP contribution in [0.15, 0.2) is 48.5 Å². The third-order valence-electron chi connectivity index (χ3n) is 3.23. The topological polar surface area (TPSA) is 35.2 Å². The Balaban J connectivity index is 2.17. The van der Waals surface area contributed by atoms with E-state index < -0.39 is 0 Å². The van der Waals surface area contributed by atoms with E-state index in [2.05, 4.69) is 0 Å². The fraction of sp³-hybridized carbons (Fsp3) is 0.250. The lowest BCUT2D eigenvalue weighted by atomic mass is 9.96. The van der Waals surface area contributed by atoms with E-state index in [1.165, 1.54) is 12.1 Å². The summed E-state index contributed by atoms with van der Waals surface area (Å²) in [5.74, 6) is -0.315. The average molecular weight is 294 g/mol. The molecular formula is C16H17ClFNO. The highest BCUT2D eigenvalue weighted by Gasteiger charge is 2.20. The lowest BCUT2D eigenvalue weighted by Crippen LogP contribution is -2.32. The Bertz CT molecular complexity index is 562. The number of hydrogen-bond donors (Lipinski definition) is 1. The minimum Gasteiger partial charge on any atom is -0.375 e. The van der Waals surface area contributed by atoms with Gasteiger partial charge in [-0.3, -0.25) is 0 Å². The number of nitrogens with two attached hydrogens (primary N) is 1. The first kappa shape index (κ1) is 15.0. The van der Waals surface area contributed by atoms with Crippen molar-refractivity contribution in [2.75, 3.05) is 7.11 Å². The van der Waals surface area contributed by atoms with E-state index in [1.807, 2.05) is 30.3 Å². The molecule has 0 heterocycles. The molecule has 0 fully saturated rings. The maximum absolute atomic E-state index is 13.3. The fourth-order valence-electron chi connectivity index (χ4n) is 2.26. The van der Waals surface area contributed by atoms with E-state index in [0.29, 0.717) is 17.0 Å². The number of halogens is 2. The zero-order valence-electron chi connectivity index (χ0n) is 11.2. The molecule has 0 bridgehead atoms. The van der Waals surface area contributed by atoms with Gasteiger partial charge in [-0.25, -0.2) is 4.39 Å². The van der Waals surface area contributed by atoms with Crippen LogP contribution in [0.3, 0.4) is 0 Å². The van der Waals surface area contributed by atoms with Gasteiger partial charge in [-0.15, -0.1) is 0 Å². The number of benzene rings is 2. The number of rotatable bonds is 5. The lowest BCUT2D eigenvalue weighted by Gasteiger charge is -2.23. The van der Waals surface area contributed by atoms with Crippen molar-refractivity contribution in [3.8, 4) is 0 Å². The van der Waals surface area contributed by atoms with Gasteiger partial charge in [0.1, 0.15) is 5.82 Å². The van der Waals surface area contributed by atoms with Crippen LogP contribution >= 0.6 is 11.6 Å². The van der Waals surface area contributed by atoms with Crippen molar-refractivity contribution in [2.45, 2.75) is 18.6 Å². The van der Waals surface area contributed by atoms with Gasteiger partial charge >= 0.3 is 0 Å². The molecule has 0 aliphatic heterocycles. The molecule has 0 spiro atoms. The number of ether oxygens (including phenoxy) is 1. The van der Waals surface area contributed by atoms with Crippen LogP contribution in [-0.2, 0) is 11.2 Å². The van der Waals surface area contributed by atoms with E-state index in [4.69, 9.17) is 22.1 Å². The quantitative estimate of drug-likeness (QED) is 0.911. The van der Waals surface area contributed by atoms with Gasteiger partial charge in [-0.2, -0.15) is 0 Å². The lowest BCUT2D eigenvalue weighted by molar-refractivity contribution is 0.0802. The molecule has 20 heavy (non-hydrogen) atoms. The molecule has 0 aliphatic carbocycles. The van der Waals surface area contributed by atoms with Crippen LogP contribution in [0.2, 0.25) is 5.02 Å². The summed E-state index contributed by atoms with van der Waals surface area (Å²) in [6.07, 6.45) is 0.194. The number of methoxy groups -OCH3 is 1. The van der Waals surface area contributed by atoms with Crippen LogP contribution < -0.4 is 5.73 Å². The molecule has 0 aliphatic rings. The minimum absolute atomic E-state index is 0.254. The molecule has 2 nitrogen and oxygen atoms in total. The predicted octanol–water partition coefficient (Wildman–Crippen LogP) is 3.74. The van der Waals surface area contributed by atoms with Gasteiger partial charge in [0.2, 0.25) is 0 Å². The first-order valence-corrected chi connectivity index (χ1v) is 6.77. The van der Waals surface area contributed by atoms with Gasteiger partial charge in [0, 0.05) is 18.2 Å². The minimum atomic E-state index is -0.315. The Labute approximate surface area is 123 Å². The van der Waals surface area contributed by atoms with E-state index in [9.17, 15) is 4.39 Å². The molecule has 0 aromatic heterocycles. The summed E-state index contributed by atoms with van der Waals surface area (Å²) in [5.41, 5.74) is 7.89. The van der Waals surface area contributed by atoms with Crippen molar-refractivity contribution in [3.05, 3.63) is 70.5 Å². The molecular weight excluding hydrogens is 277 g/mol. The van der Waals surface area contributed by atoms with Crippen molar-refractivity contribution in [1.82, 2.24) is 0 Å². The Kier molecular flexibility index (Phi) is 5.12. The van der Waals surface area contributed by atoms with Gasteiger partial charge in [0.25, 0.3) is 0 Å². The Hall–Kier alpha value is -1.42. The van der Waals surface area contributed by atoms with Crippen LogP contribution in [-0.4, -0.2) is 13.2 Å². The van der Waals surface area contributed by atoms with Crippen molar-refractivity contribution in [2.24, 2.45) is 5.73 Å². The Morgan fingerprint density at radius 1 is 1.20 bits per heavy atom. The molecule has 0 saturated heterocycles. The largest absolute Gasteiger partial charge is 0.375 e. The Morgan fingerprint density at radius 3 is 2.55 bits per heavy atom. The summed E-state index contributed by atoms with van der Waals surface area (Å²) in [6.45, 7) is 0. The van der Waals surface area contributed by atoms with Crippen LogP contribution in [0.4, 0.5) is 4.39 Å². The first-order valence-electron chi connectivity index (χ1n) is 6.39. The fourth-order valence-corrected chi connectivity index (χ4v) is 2.46. The van der Waals surface area contributed by atoms with Crippen LogP contribution in [0.1, 0.15) is 17.2 Å². The van der Waals surface area contributed by atoms with Crippen molar-refractivity contribution >= 4 is 11.6 Å². The van der Waals surface area contributed by atoms with E-state index >= 15 is 0 Å². The number of hydrogen-bond acceptors (Lipinski definition) is 2. The molecule has 0 saturated carbocycles.